The van der Waals surface area contributed by atoms with Crippen molar-refractivity contribution in [3.05, 3.63) is 52.7 Å². The molecule has 1 aliphatic heterocycles. The minimum Gasteiger partial charge on any atom is -0.370 e. The monoisotopic (exact) mass is 332 g/mol. The summed E-state index contributed by atoms with van der Waals surface area (Å²) in [5, 5.41) is 3.91. The molecule has 0 N–H and O–H groups in total. The molecule has 2 aromatic rings. The third-order valence-electron chi connectivity index (χ3n) is 4.43. The van der Waals surface area contributed by atoms with Gasteiger partial charge in [-0.05, 0) is 38.0 Å². The largest absolute Gasteiger partial charge is 0.370 e. The van der Waals surface area contributed by atoms with Crippen molar-refractivity contribution in [2.24, 2.45) is 0 Å². The van der Waals surface area contributed by atoms with E-state index in [1.165, 1.54) is 12.1 Å². The number of halogens is 1. The smallest absolute Gasteiger partial charge is 0.223 e. The van der Waals surface area contributed by atoms with Crippen LogP contribution < -0.4 is 0 Å². The van der Waals surface area contributed by atoms with Gasteiger partial charge in [-0.1, -0.05) is 17.3 Å². The zero-order chi connectivity index (χ0) is 17.1. The molecule has 0 saturated carbocycles. The zero-order valence-corrected chi connectivity index (χ0v) is 13.9. The number of carbonyl (C=O) groups is 1. The SMILES string of the molecule is Cc1noc(C)c1CCC(=O)N1CCOC(c2ccc(F)cc2)C1. The van der Waals surface area contributed by atoms with Gasteiger partial charge < -0.3 is 14.2 Å². The van der Waals surface area contributed by atoms with E-state index in [1.54, 1.807) is 12.1 Å². The molecule has 1 aliphatic rings. The Morgan fingerprint density at radius 3 is 2.75 bits per heavy atom. The van der Waals surface area contributed by atoms with Crippen LogP contribution in [-0.2, 0) is 16.0 Å². The minimum absolute atomic E-state index is 0.0883. The van der Waals surface area contributed by atoms with Gasteiger partial charge in [0.05, 0.1) is 18.8 Å². The molecular weight excluding hydrogens is 311 g/mol. The molecule has 1 unspecified atom stereocenters. The van der Waals surface area contributed by atoms with Gasteiger partial charge in [-0.3, -0.25) is 4.79 Å². The zero-order valence-electron chi connectivity index (χ0n) is 13.9. The Bertz CT molecular complexity index is 692. The van der Waals surface area contributed by atoms with Gasteiger partial charge in [0.15, 0.2) is 0 Å². The molecule has 3 rings (SSSR count). The molecule has 0 radical (unpaired) electrons. The fourth-order valence-electron chi connectivity index (χ4n) is 3.00. The molecule has 6 heteroatoms. The van der Waals surface area contributed by atoms with Crippen LogP contribution in [0.25, 0.3) is 0 Å². The van der Waals surface area contributed by atoms with E-state index >= 15 is 0 Å². The van der Waals surface area contributed by atoms with Crippen molar-refractivity contribution in [3.63, 3.8) is 0 Å². The van der Waals surface area contributed by atoms with Crippen molar-refractivity contribution in [2.75, 3.05) is 19.7 Å². The number of nitrogens with zero attached hydrogens (tertiary/aromatic N) is 2. The summed E-state index contributed by atoms with van der Waals surface area (Å²) >= 11 is 0. The first-order valence-corrected chi connectivity index (χ1v) is 8.11. The molecule has 1 saturated heterocycles. The summed E-state index contributed by atoms with van der Waals surface area (Å²) in [5.41, 5.74) is 2.73. The maximum absolute atomic E-state index is 13.0. The lowest BCUT2D eigenvalue weighted by Gasteiger charge is -2.33. The van der Waals surface area contributed by atoms with E-state index < -0.39 is 0 Å². The van der Waals surface area contributed by atoms with Crippen molar-refractivity contribution in [1.29, 1.82) is 0 Å². The Kier molecular flexibility index (Phi) is 4.94. The number of morpholine rings is 1. The summed E-state index contributed by atoms with van der Waals surface area (Å²) in [7, 11) is 0. The number of benzene rings is 1. The van der Waals surface area contributed by atoms with Crippen molar-refractivity contribution in [1.82, 2.24) is 10.1 Å². The molecule has 128 valence electrons. The maximum Gasteiger partial charge on any atom is 0.223 e. The molecule has 24 heavy (non-hydrogen) atoms. The second kappa shape index (κ2) is 7.13. The third kappa shape index (κ3) is 3.64. The number of aromatic nitrogens is 1. The molecule has 1 aromatic heterocycles. The highest BCUT2D eigenvalue weighted by molar-refractivity contribution is 5.76. The minimum atomic E-state index is -0.276. The van der Waals surface area contributed by atoms with Crippen LogP contribution in [-0.4, -0.2) is 35.7 Å². The van der Waals surface area contributed by atoms with Crippen LogP contribution in [0.3, 0.4) is 0 Å². The standard InChI is InChI=1S/C18H21FN2O3/c1-12-16(13(2)24-20-12)7-8-18(22)21-9-10-23-17(11-21)14-3-5-15(19)6-4-14/h3-6,17H,7-11H2,1-2H3. The van der Waals surface area contributed by atoms with E-state index in [-0.39, 0.29) is 17.8 Å². The maximum atomic E-state index is 13.0. The first kappa shape index (κ1) is 16.6. The lowest BCUT2D eigenvalue weighted by Crippen LogP contribution is -2.42. The Balaban J connectivity index is 1.60. The highest BCUT2D eigenvalue weighted by Gasteiger charge is 2.25. The number of hydrogen-bond donors (Lipinski definition) is 0. The molecule has 5 nitrogen and oxygen atoms in total. The second-order valence-corrected chi connectivity index (χ2v) is 6.05. The Hall–Kier alpha value is -2.21. The van der Waals surface area contributed by atoms with Gasteiger partial charge in [-0.15, -0.1) is 0 Å². The molecule has 1 atom stereocenters. The lowest BCUT2D eigenvalue weighted by molar-refractivity contribution is -0.139. The van der Waals surface area contributed by atoms with E-state index in [1.807, 2.05) is 18.7 Å². The van der Waals surface area contributed by atoms with Gasteiger partial charge >= 0.3 is 0 Å². The van der Waals surface area contributed by atoms with Gasteiger partial charge in [0.2, 0.25) is 5.91 Å². The quantitative estimate of drug-likeness (QED) is 0.864. The predicted octanol–water partition coefficient (Wildman–Crippen LogP) is 2.96. The highest BCUT2D eigenvalue weighted by Crippen LogP contribution is 2.23. The van der Waals surface area contributed by atoms with Crippen molar-refractivity contribution < 1.29 is 18.4 Å². The van der Waals surface area contributed by atoms with E-state index in [2.05, 4.69) is 5.16 Å². The predicted molar refractivity (Wildman–Crippen MR) is 86.0 cm³/mol. The molecule has 1 amide bonds. The van der Waals surface area contributed by atoms with Crippen LogP contribution in [0, 0.1) is 19.7 Å². The van der Waals surface area contributed by atoms with Crippen LogP contribution >= 0.6 is 0 Å². The first-order chi connectivity index (χ1) is 11.5. The fraction of sp³-hybridized carbons (Fsp3) is 0.444. The van der Waals surface area contributed by atoms with E-state index in [4.69, 9.17) is 9.26 Å². The van der Waals surface area contributed by atoms with Gasteiger partial charge in [-0.25, -0.2) is 4.39 Å². The summed E-state index contributed by atoms with van der Waals surface area (Å²) in [6, 6.07) is 6.24. The normalized spacial score (nSPS) is 18.0. The number of aryl methyl sites for hydroxylation is 2. The molecule has 0 bridgehead atoms. The van der Waals surface area contributed by atoms with Crippen molar-refractivity contribution in [3.8, 4) is 0 Å². The first-order valence-electron chi connectivity index (χ1n) is 8.11. The number of amides is 1. The van der Waals surface area contributed by atoms with E-state index in [0.717, 1.165) is 22.6 Å². The summed E-state index contributed by atoms with van der Waals surface area (Å²) in [6.45, 7) is 5.30. The average Bonchev–Trinajstić information content (AvgIpc) is 2.92. The van der Waals surface area contributed by atoms with E-state index in [0.29, 0.717) is 32.5 Å². The summed E-state index contributed by atoms with van der Waals surface area (Å²) < 4.78 is 23.9. The topological polar surface area (TPSA) is 55.6 Å². The fourth-order valence-corrected chi connectivity index (χ4v) is 3.00. The average molecular weight is 332 g/mol. The Morgan fingerprint density at radius 1 is 1.33 bits per heavy atom. The molecule has 1 fully saturated rings. The Labute approximate surface area is 140 Å². The molecule has 0 aliphatic carbocycles. The van der Waals surface area contributed by atoms with Gasteiger partial charge in [0.25, 0.3) is 0 Å². The highest BCUT2D eigenvalue weighted by atomic mass is 19.1. The second-order valence-electron chi connectivity index (χ2n) is 6.05. The molecular formula is C18H21FN2O3. The lowest BCUT2D eigenvalue weighted by atomic mass is 10.1. The summed E-state index contributed by atoms with van der Waals surface area (Å²) in [4.78, 5) is 14.3. The molecule has 0 spiro atoms. The number of rotatable bonds is 4. The molecule has 2 heterocycles. The van der Waals surface area contributed by atoms with Crippen LogP contribution in [0.5, 0.6) is 0 Å². The molecule has 1 aromatic carbocycles. The van der Waals surface area contributed by atoms with Crippen LogP contribution in [0.4, 0.5) is 4.39 Å². The van der Waals surface area contributed by atoms with E-state index in [9.17, 15) is 9.18 Å². The number of hydrogen-bond acceptors (Lipinski definition) is 4. The Morgan fingerprint density at radius 2 is 2.08 bits per heavy atom. The number of carbonyl (C=O) groups excluding carboxylic acids is 1. The van der Waals surface area contributed by atoms with Crippen LogP contribution in [0.2, 0.25) is 0 Å². The summed E-state index contributed by atoms with van der Waals surface area (Å²) in [6.07, 6.45) is 0.833. The number of ether oxygens (including phenoxy) is 1. The van der Waals surface area contributed by atoms with Crippen molar-refractivity contribution >= 4 is 5.91 Å². The van der Waals surface area contributed by atoms with Gasteiger partial charge in [0, 0.05) is 18.5 Å². The third-order valence-corrected chi connectivity index (χ3v) is 4.43. The van der Waals surface area contributed by atoms with Crippen molar-refractivity contribution in [2.45, 2.75) is 32.8 Å². The van der Waals surface area contributed by atoms with Gasteiger partial charge in [0.1, 0.15) is 17.7 Å². The van der Waals surface area contributed by atoms with Gasteiger partial charge in [-0.2, -0.15) is 0 Å². The summed E-state index contributed by atoms with van der Waals surface area (Å²) in [5.74, 6) is 0.582. The van der Waals surface area contributed by atoms with Crippen LogP contribution in [0.15, 0.2) is 28.8 Å². The van der Waals surface area contributed by atoms with Crippen LogP contribution in [0.1, 0.15) is 35.1 Å².